The molecule has 7 heteroatoms. The first kappa shape index (κ1) is 15.2. The minimum atomic E-state index is -0.781. The van der Waals surface area contributed by atoms with Gasteiger partial charge < -0.3 is 26.5 Å². The van der Waals surface area contributed by atoms with E-state index in [-0.39, 0.29) is 0 Å². The molecule has 0 bridgehead atoms. The molecule has 0 aliphatic carbocycles. The Morgan fingerprint density at radius 2 is 2.39 bits per heavy atom. The summed E-state index contributed by atoms with van der Waals surface area (Å²) in [4.78, 5) is 2.23. The third-order valence-electron chi connectivity index (χ3n) is 3.03. The average molecular weight is 258 g/mol. The summed E-state index contributed by atoms with van der Waals surface area (Å²) in [5.41, 5.74) is 8.43. The Kier molecular flexibility index (Phi) is 6.99. The number of aliphatic hydroxyl groups is 1. The predicted octanol–water partition coefficient (Wildman–Crippen LogP) is -2.16. The fourth-order valence-corrected chi connectivity index (χ4v) is 1.97. The number of rotatable bonds is 8. The van der Waals surface area contributed by atoms with Gasteiger partial charge in [0.05, 0.1) is 5.70 Å². The zero-order valence-corrected chi connectivity index (χ0v) is 11.0. The maximum atomic E-state index is 10.0. The Hall–Kier alpha value is -0.860. The molecule has 0 saturated carbocycles. The molecule has 0 spiro atoms. The van der Waals surface area contributed by atoms with Crippen LogP contribution >= 0.6 is 0 Å². The Morgan fingerprint density at radius 3 is 2.94 bits per heavy atom. The Balaban J connectivity index is 2.33. The fourth-order valence-electron chi connectivity index (χ4n) is 1.97. The van der Waals surface area contributed by atoms with Gasteiger partial charge in [-0.1, -0.05) is 0 Å². The van der Waals surface area contributed by atoms with Crippen molar-refractivity contribution in [3.05, 3.63) is 11.9 Å². The lowest BCUT2D eigenvalue weighted by Crippen LogP contribution is -2.45. The lowest BCUT2D eigenvalue weighted by atomic mass is 10.2. The molecule has 0 radical (unpaired) electrons. The molecule has 8 N–H and O–H groups in total. The molecule has 1 aliphatic rings. The second-order valence-electron chi connectivity index (χ2n) is 4.66. The van der Waals surface area contributed by atoms with Crippen molar-refractivity contribution in [1.82, 2.24) is 21.0 Å². The highest BCUT2D eigenvalue weighted by Gasteiger charge is 2.22. The van der Waals surface area contributed by atoms with Crippen molar-refractivity contribution in [2.24, 2.45) is 11.6 Å². The third kappa shape index (κ3) is 5.19. The number of likely N-dealkylation sites (tertiary alicyclic amines) is 1. The van der Waals surface area contributed by atoms with Crippen LogP contribution in [0.25, 0.3) is 0 Å². The quantitative estimate of drug-likeness (QED) is 0.127. The number of nitrogens with two attached hydrogens (primary N) is 2. The first-order valence-electron chi connectivity index (χ1n) is 6.40. The van der Waals surface area contributed by atoms with Gasteiger partial charge in [-0.15, -0.1) is 0 Å². The minimum Gasteiger partial charge on any atom is -0.389 e. The molecule has 1 aliphatic heterocycles. The summed E-state index contributed by atoms with van der Waals surface area (Å²) in [6.45, 7) is 3.39. The molecule has 0 amide bonds. The summed E-state index contributed by atoms with van der Waals surface area (Å²) in [6, 6.07) is 0.297. The van der Waals surface area contributed by atoms with Crippen LogP contribution in [-0.2, 0) is 0 Å². The van der Waals surface area contributed by atoms with Crippen LogP contribution in [0.3, 0.4) is 0 Å². The number of hydrazine groups is 1. The van der Waals surface area contributed by atoms with Crippen LogP contribution in [0, 0.1) is 0 Å². The van der Waals surface area contributed by atoms with Gasteiger partial charge in [0.25, 0.3) is 0 Å². The van der Waals surface area contributed by atoms with E-state index in [0.29, 0.717) is 18.3 Å². The van der Waals surface area contributed by atoms with Gasteiger partial charge in [-0.2, -0.15) is 0 Å². The number of hydrogen-bond acceptors (Lipinski definition) is 7. The maximum absolute atomic E-state index is 10.0. The zero-order chi connectivity index (χ0) is 13.4. The summed E-state index contributed by atoms with van der Waals surface area (Å²) in [6.07, 6.45) is 2.82. The van der Waals surface area contributed by atoms with Crippen molar-refractivity contribution in [2.45, 2.75) is 25.1 Å². The van der Waals surface area contributed by atoms with Crippen LogP contribution < -0.4 is 27.6 Å². The number of nitrogens with zero attached hydrogens (tertiary/aromatic N) is 1. The SMILES string of the molecule is CN1CCC(NC(O)/C(=C/NCCCN)NN)C1. The fraction of sp³-hybridized carbons (Fsp3) is 0.818. The van der Waals surface area contributed by atoms with E-state index >= 15 is 0 Å². The number of likely N-dealkylation sites (N-methyl/N-ethyl adjacent to an activating group) is 1. The van der Waals surface area contributed by atoms with Gasteiger partial charge in [0.1, 0.15) is 6.23 Å². The third-order valence-corrected chi connectivity index (χ3v) is 3.03. The normalized spacial score (nSPS) is 23.1. The summed E-state index contributed by atoms with van der Waals surface area (Å²) >= 11 is 0. The molecule has 106 valence electrons. The molecule has 7 nitrogen and oxygen atoms in total. The monoisotopic (exact) mass is 258 g/mol. The molecule has 1 fully saturated rings. The second-order valence-corrected chi connectivity index (χ2v) is 4.66. The summed E-state index contributed by atoms with van der Waals surface area (Å²) in [5.74, 6) is 5.40. The summed E-state index contributed by atoms with van der Waals surface area (Å²) in [5, 5.41) is 16.2. The van der Waals surface area contributed by atoms with E-state index in [1.807, 2.05) is 0 Å². The van der Waals surface area contributed by atoms with Crippen LogP contribution in [0.4, 0.5) is 0 Å². The first-order chi connectivity index (χ1) is 8.67. The zero-order valence-electron chi connectivity index (χ0n) is 11.0. The molecular weight excluding hydrogens is 232 g/mol. The van der Waals surface area contributed by atoms with Crippen LogP contribution in [0.15, 0.2) is 11.9 Å². The van der Waals surface area contributed by atoms with Crippen molar-refractivity contribution >= 4 is 0 Å². The largest absolute Gasteiger partial charge is 0.389 e. The van der Waals surface area contributed by atoms with Gasteiger partial charge in [0, 0.05) is 25.3 Å². The van der Waals surface area contributed by atoms with E-state index in [0.717, 1.165) is 32.5 Å². The van der Waals surface area contributed by atoms with Gasteiger partial charge in [0.2, 0.25) is 0 Å². The molecular formula is C11H26N6O. The average Bonchev–Trinajstić information content (AvgIpc) is 2.75. The van der Waals surface area contributed by atoms with Gasteiger partial charge in [-0.3, -0.25) is 11.2 Å². The highest BCUT2D eigenvalue weighted by atomic mass is 16.3. The number of aliphatic hydroxyl groups excluding tert-OH is 1. The molecule has 0 aromatic heterocycles. The Bertz CT molecular complexity index is 260. The van der Waals surface area contributed by atoms with E-state index in [9.17, 15) is 5.11 Å². The highest BCUT2D eigenvalue weighted by Crippen LogP contribution is 2.07. The van der Waals surface area contributed by atoms with Crippen molar-refractivity contribution < 1.29 is 5.11 Å². The van der Waals surface area contributed by atoms with E-state index in [2.05, 4.69) is 28.0 Å². The molecule has 0 aromatic carbocycles. The maximum Gasteiger partial charge on any atom is 0.148 e. The lowest BCUT2D eigenvalue weighted by Gasteiger charge is -2.20. The molecule has 1 heterocycles. The van der Waals surface area contributed by atoms with Crippen molar-refractivity contribution in [3.63, 3.8) is 0 Å². The van der Waals surface area contributed by atoms with E-state index in [4.69, 9.17) is 11.6 Å². The first-order valence-corrected chi connectivity index (χ1v) is 6.40. The lowest BCUT2D eigenvalue weighted by molar-refractivity contribution is 0.148. The van der Waals surface area contributed by atoms with Gasteiger partial charge in [0.15, 0.2) is 0 Å². The van der Waals surface area contributed by atoms with Crippen LogP contribution in [0.1, 0.15) is 12.8 Å². The molecule has 2 unspecified atom stereocenters. The van der Waals surface area contributed by atoms with Gasteiger partial charge in [-0.25, -0.2) is 0 Å². The van der Waals surface area contributed by atoms with E-state index < -0.39 is 6.23 Å². The van der Waals surface area contributed by atoms with E-state index in [1.165, 1.54) is 0 Å². The van der Waals surface area contributed by atoms with Crippen LogP contribution in [0.2, 0.25) is 0 Å². The molecule has 18 heavy (non-hydrogen) atoms. The summed E-state index contributed by atoms with van der Waals surface area (Å²) < 4.78 is 0. The smallest absolute Gasteiger partial charge is 0.148 e. The topological polar surface area (TPSA) is 112 Å². The second kappa shape index (κ2) is 8.28. The van der Waals surface area contributed by atoms with Gasteiger partial charge in [-0.05, 0) is 33.0 Å². The standard InChI is InChI=1S/C11H26N6O/c1-17-6-3-9(8-17)15-11(18)10(16-13)7-14-5-2-4-12/h7,9,11,14-16,18H,2-6,8,12-13H2,1H3/b10-7-. The van der Waals surface area contributed by atoms with Crippen LogP contribution in [-0.4, -0.2) is 55.5 Å². The van der Waals surface area contributed by atoms with Crippen molar-refractivity contribution in [3.8, 4) is 0 Å². The Morgan fingerprint density at radius 1 is 1.61 bits per heavy atom. The van der Waals surface area contributed by atoms with Crippen molar-refractivity contribution in [1.29, 1.82) is 0 Å². The molecule has 1 saturated heterocycles. The number of hydrogen-bond donors (Lipinski definition) is 6. The van der Waals surface area contributed by atoms with Crippen molar-refractivity contribution in [2.75, 3.05) is 33.2 Å². The predicted molar refractivity (Wildman–Crippen MR) is 72.1 cm³/mol. The van der Waals surface area contributed by atoms with Crippen LogP contribution in [0.5, 0.6) is 0 Å². The highest BCUT2D eigenvalue weighted by molar-refractivity contribution is 5.03. The van der Waals surface area contributed by atoms with E-state index in [1.54, 1.807) is 6.20 Å². The number of nitrogens with one attached hydrogen (secondary N) is 3. The Labute approximate surface area is 109 Å². The molecule has 0 aromatic rings. The van der Waals surface area contributed by atoms with Gasteiger partial charge >= 0.3 is 0 Å². The minimum absolute atomic E-state index is 0.297. The molecule has 2 atom stereocenters. The molecule has 1 rings (SSSR count). The summed E-state index contributed by atoms with van der Waals surface area (Å²) in [7, 11) is 2.07.